The molecule has 10 fully saturated rings. The van der Waals surface area contributed by atoms with Crippen molar-refractivity contribution in [1.29, 1.82) is 0 Å². The van der Waals surface area contributed by atoms with Crippen molar-refractivity contribution >= 4 is 5.97 Å². The summed E-state index contributed by atoms with van der Waals surface area (Å²) in [5, 5.41) is 206. The fraction of sp³-hybridized carbons (Fsp3) is 0.954. The molecule has 11 aliphatic rings. The maximum absolute atomic E-state index is 15.2. The lowest BCUT2D eigenvalue weighted by atomic mass is 9.33. The highest BCUT2D eigenvalue weighted by Gasteiger charge is 2.71. The molecule has 0 unspecified atom stereocenters. The van der Waals surface area contributed by atoms with Gasteiger partial charge in [0, 0.05) is 5.41 Å². The van der Waals surface area contributed by atoms with Crippen molar-refractivity contribution in [3.8, 4) is 0 Å². The first-order valence-corrected chi connectivity index (χ1v) is 34.3. The van der Waals surface area contributed by atoms with E-state index in [1.165, 1.54) is 12.5 Å². The Morgan fingerprint density at radius 3 is 1.53 bits per heavy atom. The number of rotatable bonds is 17. The number of hydrogen-bond acceptors (Lipinski definition) is 32. The van der Waals surface area contributed by atoms with Crippen molar-refractivity contribution in [3.63, 3.8) is 0 Å². The first-order chi connectivity index (χ1) is 45.6. The zero-order chi connectivity index (χ0) is 70.7. The first kappa shape index (κ1) is 76.1. The molecular weight excluding hydrogens is 1290 g/mol. The van der Waals surface area contributed by atoms with Crippen LogP contribution in [-0.4, -0.2) is 327 Å². The molecular formula is C65H106O32. The zero-order valence-corrected chi connectivity index (χ0v) is 55.7. The van der Waals surface area contributed by atoms with Gasteiger partial charge >= 0.3 is 5.97 Å². The molecule has 0 amide bonds. The van der Waals surface area contributed by atoms with Gasteiger partial charge in [-0.15, -0.1) is 0 Å². The summed E-state index contributed by atoms with van der Waals surface area (Å²) in [7, 11) is 0. The van der Waals surface area contributed by atoms with Crippen molar-refractivity contribution < 1.29 is 159 Å². The average Bonchev–Trinajstić information content (AvgIpc) is 0.675. The van der Waals surface area contributed by atoms with Crippen LogP contribution < -0.4 is 0 Å². The Bertz CT molecular complexity index is 2710. The summed E-state index contributed by atoms with van der Waals surface area (Å²) < 4.78 is 70.6. The van der Waals surface area contributed by atoms with Gasteiger partial charge in [-0.25, -0.2) is 0 Å². The number of esters is 1. The topological polar surface area (TPSA) is 512 Å². The van der Waals surface area contributed by atoms with Crippen molar-refractivity contribution in [2.24, 2.45) is 50.2 Å². The summed E-state index contributed by atoms with van der Waals surface area (Å²) >= 11 is 0. The molecule has 6 saturated heterocycles. The van der Waals surface area contributed by atoms with Crippen LogP contribution in [0.2, 0.25) is 0 Å². The minimum atomic E-state index is -2.03. The van der Waals surface area contributed by atoms with E-state index in [1.807, 2.05) is 6.92 Å². The molecule has 0 aromatic carbocycles. The van der Waals surface area contributed by atoms with E-state index >= 15 is 4.79 Å². The van der Waals surface area contributed by atoms with Gasteiger partial charge in [-0.3, -0.25) is 4.79 Å². The van der Waals surface area contributed by atoms with Gasteiger partial charge in [-0.05, 0) is 111 Å². The second kappa shape index (κ2) is 28.8. The molecule has 0 aromatic heterocycles. The van der Waals surface area contributed by atoms with E-state index in [-0.39, 0.29) is 40.6 Å². The molecule has 4 saturated carbocycles. The quantitative estimate of drug-likeness (QED) is 0.0366. The summed E-state index contributed by atoms with van der Waals surface area (Å²) in [6.07, 6.45) is -41.6. The predicted molar refractivity (Wildman–Crippen MR) is 322 cm³/mol. The molecule has 0 radical (unpaired) electrons. The molecule has 6 aliphatic heterocycles. The third kappa shape index (κ3) is 13.0. The molecule has 0 bridgehead atoms. The predicted octanol–water partition coefficient (Wildman–Crippen LogP) is -5.75. The van der Waals surface area contributed by atoms with Gasteiger partial charge in [0.1, 0.15) is 134 Å². The molecule has 97 heavy (non-hydrogen) atoms. The van der Waals surface area contributed by atoms with Gasteiger partial charge in [-0.2, -0.15) is 0 Å². The fourth-order valence-electron chi connectivity index (χ4n) is 19.2. The maximum atomic E-state index is 15.2. The number of aliphatic hydroxyl groups excluding tert-OH is 19. The van der Waals surface area contributed by atoms with Crippen molar-refractivity contribution in [2.45, 2.75) is 297 Å². The average molecular weight is 1400 g/mol. The van der Waals surface area contributed by atoms with Crippen LogP contribution in [0, 0.1) is 50.2 Å². The van der Waals surface area contributed by atoms with Gasteiger partial charge < -0.3 is 154 Å². The van der Waals surface area contributed by atoms with Crippen LogP contribution in [0.3, 0.4) is 0 Å². The van der Waals surface area contributed by atoms with E-state index in [0.717, 1.165) is 6.42 Å². The van der Waals surface area contributed by atoms with Crippen molar-refractivity contribution in [2.75, 3.05) is 39.6 Å². The summed E-state index contributed by atoms with van der Waals surface area (Å²) in [5.74, 6) is -0.943. The molecule has 32 nitrogen and oxygen atoms in total. The Morgan fingerprint density at radius 1 is 0.474 bits per heavy atom. The van der Waals surface area contributed by atoms with E-state index in [1.54, 1.807) is 0 Å². The number of hydrogen-bond donors (Lipinski definition) is 19. The van der Waals surface area contributed by atoms with Crippen molar-refractivity contribution in [3.05, 3.63) is 11.6 Å². The third-order valence-corrected chi connectivity index (χ3v) is 25.4. The monoisotopic (exact) mass is 1400 g/mol. The molecule has 0 aromatic rings. The minimum absolute atomic E-state index is 0.0862. The van der Waals surface area contributed by atoms with Gasteiger partial charge in [0.15, 0.2) is 31.5 Å². The van der Waals surface area contributed by atoms with Gasteiger partial charge in [0.25, 0.3) is 0 Å². The van der Waals surface area contributed by atoms with E-state index in [2.05, 4.69) is 40.7 Å². The number of aliphatic hydroxyl groups is 19. The van der Waals surface area contributed by atoms with E-state index in [9.17, 15) is 97.0 Å². The summed E-state index contributed by atoms with van der Waals surface area (Å²) in [4.78, 5) is 15.2. The zero-order valence-electron chi connectivity index (χ0n) is 55.7. The summed E-state index contributed by atoms with van der Waals surface area (Å²) in [5.41, 5.74) is -2.10. The SMILES string of the molecule is C[C@@H]1O[C@@H](O[C@@H]2CO[C@@H](O[C@H]3CC[C@@]4(C)[C@@H](CC[C@]5(C)[C@@H]4CC=C4[C@H]6CC(C)(C)CC[C@]6(C(=O)O[C@@H]6O[C@H](CO)[C@@H](O[C@@H]7O[C@H](CO)[C@@H](O)[C@H](O)[C@H]7O)[C@H](O)[C@H]6O)CC[C@]45C)[C@]3(C)CO)[C@H](O)[C@H]2O)[C@H](O)[C@H](O[C@@H]2O[C@H](CO)[C@@H](O[C@@H]3O[C@H](CO)[C@@H](O)[C@H](O)[C@H]3O)[C@H](O)[C@H]2O)[C@H]1O. The Balaban J connectivity index is 0.730. The third-order valence-electron chi connectivity index (χ3n) is 25.4. The second-order valence-electron chi connectivity index (χ2n) is 31.3. The van der Waals surface area contributed by atoms with Gasteiger partial charge in [-0.1, -0.05) is 53.2 Å². The number of allylic oxidation sites excluding steroid dienone is 2. The Hall–Kier alpha value is -1.99. The van der Waals surface area contributed by atoms with E-state index in [4.69, 9.17) is 56.8 Å². The molecule has 5 aliphatic carbocycles. The molecule has 11 rings (SSSR count). The number of carbonyl (C=O) groups is 1. The molecule has 558 valence electrons. The lowest BCUT2D eigenvalue weighted by Crippen LogP contribution is -2.67. The fourth-order valence-corrected chi connectivity index (χ4v) is 19.2. The highest BCUT2D eigenvalue weighted by Crippen LogP contribution is 2.76. The Kier molecular flexibility index (Phi) is 22.6. The van der Waals surface area contributed by atoms with Crippen molar-refractivity contribution in [1.82, 2.24) is 0 Å². The standard InChI is InChI=1S/C65H106O32/c1-25-36(71)52(96-56-47(82)42(77)50(30(21-68)90-56)94-54-45(80)40(75)37(72)28(19-66)88-54)49(84)58(87-25)92-32-23-86-53(44(79)39(32)74)93-35-11-12-61(4)33(62(35,5)24-70)10-13-64(7)34(61)9-8-26-27-18-60(2,3)14-16-65(27,17-15-63(26,64)6)59(85)97-57-48(83)43(78)51(31(22-69)91-57)95-55-46(81)41(76)38(73)29(20-67)89-55/h8,25,27-58,66-84H,9-24H2,1-7H3/t25-,27+,28+,29+,30+,31+,32+,33+,34+,35-,36-,37+,38+,39-,40-,41-,42+,43+,44+,45+,46+,47+,48+,49+,50+,51+,52+,53-,54-,55-,56-,57-,58-,61-,62-,63+,64+,65-/m0/s1. The highest BCUT2D eigenvalue weighted by molar-refractivity contribution is 5.79. The van der Waals surface area contributed by atoms with E-state index < -0.39 is 239 Å². The van der Waals surface area contributed by atoms with Crippen LogP contribution in [0.4, 0.5) is 0 Å². The maximum Gasteiger partial charge on any atom is 0.315 e. The smallest absolute Gasteiger partial charge is 0.315 e. The van der Waals surface area contributed by atoms with Crippen LogP contribution in [0.25, 0.3) is 0 Å². The van der Waals surface area contributed by atoms with Gasteiger partial charge in [0.05, 0.1) is 57.3 Å². The highest BCUT2D eigenvalue weighted by atomic mass is 16.8. The lowest BCUT2D eigenvalue weighted by Gasteiger charge is -2.71. The van der Waals surface area contributed by atoms with Crippen LogP contribution >= 0.6 is 0 Å². The lowest BCUT2D eigenvalue weighted by molar-refractivity contribution is -0.385. The largest absolute Gasteiger partial charge is 0.432 e. The second-order valence-corrected chi connectivity index (χ2v) is 31.3. The van der Waals surface area contributed by atoms with Crippen LogP contribution in [0.15, 0.2) is 11.6 Å². The van der Waals surface area contributed by atoms with Crippen LogP contribution in [-0.2, 0) is 61.6 Å². The number of carbonyl (C=O) groups excluding carboxylic acids is 1. The Labute approximate surface area is 561 Å². The molecule has 32 heteroatoms. The minimum Gasteiger partial charge on any atom is -0.432 e. The molecule has 19 N–H and O–H groups in total. The summed E-state index contributed by atoms with van der Waals surface area (Å²) in [6, 6.07) is 0. The molecule has 38 atom stereocenters. The number of ether oxygens (including phenoxy) is 12. The normalized spacial score (nSPS) is 54.7. The molecule has 0 spiro atoms. The van der Waals surface area contributed by atoms with Crippen LogP contribution in [0.1, 0.15) is 113 Å². The molecule has 6 heterocycles. The van der Waals surface area contributed by atoms with E-state index in [0.29, 0.717) is 57.8 Å². The Morgan fingerprint density at radius 2 is 0.969 bits per heavy atom. The number of fused-ring (bicyclic) bond motifs is 7. The summed E-state index contributed by atoms with van der Waals surface area (Å²) in [6.45, 7) is 10.8. The first-order valence-electron chi connectivity index (χ1n) is 34.3. The van der Waals surface area contributed by atoms with Crippen LogP contribution in [0.5, 0.6) is 0 Å². The van der Waals surface area contributed by atoms with Gasteiger partial charge in [0.2, 0.25) is 6.29 Å².